The zero-order valence-corrected chi connectivity index (χ0v) is 10.7. The van der Waals surface area contributed by atoms with E-state index in [1.165, 1.54) is 0 Å². The third-order valence-electron chi connectivity index (χ3n) is 2.53. The Morgan fingerprint density at radius 2 is 2.06 bits per heavy atom. The van der Waals surface area contributed by atoms with Crippen LogP contribution in [0.2, 0.25) is 0 Å². The largest absolute Gasteiger partial charge is 0.491 e. The molecule has 0 aromatic heterocycles. The summed E-state index contributed by atoms with van der Waals surface area (Å²) in [4.78, 5) is 0. The number of halogens is 1. The lowest BCUT2D eigenvalue weighted by molar-refractivity contribution is 0.0455. The SMILES string of the molecule is Brc1ccc(OCCOC2CCNC2)cc1. The van der Waals surface area contributed by atoms with Gasteiger partial charge in [-0.05, 0) is 37.2 Å². The van der Waals surface area contributed by atoms with Crippen molar-refractivity contribution in [3.63, 3.8) is 0 Å². The highest BCUT2D eigenvalue weighted by Gasteiger charge is 2.13. The Bertz CT molecular complexity index is 309. The molecule has 0 saturated carbocycles. The fourth-order valence-electron chi connectivity index (χ4n) is 1.68. The van der Waals surface area contributed by atoms with E-state index in [0.717, 1.165) is 29.7 Å². The monoisotopic (exact) mass is 285 g/mol. The van der Waals surface area contributed by atoms with Crippen LogP contribution in [0, 0.1) is 0 Å². The number of benzene rings is 1. The summed E-state index contributed by atoms with van der Waals surface area (Å²) in [6.45, 7) is 3.30. The van der Waals surface area contributed by atoms with Crippen molar-refractivity contribution < 1.29 is 9.47 Å². The van der Waals surface area contributed by atoms with Crippen molar-refractivity contribution in [1.29, 1.82) is 0 Å². The van der Waals surface area contributed by atoms with E-state index in [4.69, 9.17) is 9.47 Å². The Kier molecular flexibility index (Phi) is 4.63. The van der Waals surface area contributed by atoms with Gasteiger partial charge in [0.1, 0.15) is 12.4 Å². The predicted octanol–water partition coefficient (Wildman–Crippen LogP) is 2.21. The second kappa shape index (κ2) is 6.23. The van der Waals surface area contributed by atoms with Crippen LogP contribution in [0.5, 0.6) is 5.75 Å². The van der Waals surface area contributed by atoms with Gasteiger partial charge in [0, 0.05) is 11.0 Å². The molecule has 4 heteroatoms. The van der Waals surface area contributed by atoms with Crippen LogP contribution in [-0.2, 0) is 4.74 Å². The molecular formula is C12H16BrNO2. The zero-order chi connectivity index (χ0) is 11.2. The smallest absolute Gasteiger partial charge is 0.119 e. The molecule has 88 valence electrons. The molecule has 0 spiro atoms. The van der Waals surface area contributed by atoms with Gasteiger partial charge in [-0.1, -0.05) is 15.9 Å². The van der Waals surface area contributed by atoms with Crippen LogP contribution in [0.1, 0.15) is 6.42 Å². The first-order valence-corrected chi connectivity index (χ1v) is 6.34. The fourth-order valence-corrected chi connectivity index (χ4v) is 1.94. The molecule has 1 aliphatic heterocycles. The molecule has 3 nitrogen and oxygen atoms in total. The highest BCUT2D eigenvalue weighted by atomic mass is 79.9. The van der Waals surface area contributed by atoms with Crippen LogP contribution in [0.3, 0.4) is 0 Å². The van der Waals surface area contributed by atoms with Crippen molar-refractivity contribution in [1.82, 2.24) is 5.32 Å². The van der Waals surface area contributed by atoms with Crippen LogP contribution < -0.4 is 10.1 Å². The molecule has 1 aromatic carbocycles. The van der Waals surface area contributed by atoms with E-state index in [-0.39, 0.29) is 0 Å². The molecule has 1 saturated heterocycles. The Balaban J connectivity index is 1.62. The molecule has 1 unspecified atom stereocenters. The molecule has 1 atom stereocenters. The number of nitrogens with one attached hydrogen (secondary N) is 1. The molecule has 16 heavy (non-hydrogen) atoms. The molecule has 0 aliphatic carbocycles. The van der Waals surface area contributed by atoms with Crippen LogP contribution in [0.4, 0.5) is 0 Å². The minimum atomic E-state index is 0.369. The van der Waals surface area contributed by atoms with Crippen LogP contribution >= 0.6 is 15.9 Å². The van der Waals surface area contributed by atoms with E-state index >= 15 is 0 Å². The van der Waals surface area contributed by atoms with Crippen molar-refractivity contribution in [3.8, 4) is 5.75 Å². The average Bonchev–Trinajstić information content (AvgIpc) is 2.80. The summed E-state index contributed by atoms with van der Waals surface area (Å²) in [5.74, 6) is 0.886. The summed E-state index contributed by atoms with van der Waals surface area (Å²) in [7, 11) is 0. The lowest BCUT2D eigenvalue weighted by atomic mass is 10.3. The molecule has 0 amide bonds. The summed E-state index contributed by atoms with van der Waals surface area (Å²) in [6, 6.07) is 7.83. The number of ether oxygens (including phenoxy) is 2. The third-order valence-corrected chi connectivity index (χ3v) is 3.06. The van der Waals surface area contributed by atoms with E-state index in [2.05, 4.69) is 21.2 Å². The summed E-state index contributed by atoms with van der Waals surface area (Å²) < 4.78 is 12.3. The number of rotatable bonds is 5. The van der Waals surface area contributed by atoms with Gasteiger partial charge in [-0.15, -0.1) is 0 Å². The topological polar surface area (TPSA) is 30.5 Å². The maximum absolute atomic E-state index is 5.65. The Morgan fingerprint density at radius 3 is 2.75 bits per heavy atom. The highest BCUT2D eigenvalue weighted by molar-refractivity contribution is 9.10. The van der Waals surface area contributed by atoms with Crippen molar-refractivity contribution in [2.75, 3.05) is 26.3 Å². The van der Waals surface area contributed by atoms with E-state index < -0.39 is 0 Å². The molecule has 0 bridgehead atoms. The Labute approximate surface area is 104 Å². The quantitative estimate of drug-likeness (QED) is 0.842. The van der Waals surface area contributed by atoms with Crippen molar-refractivity contribution in [2.24, 2.45) is 0 Å². The lowest BCUT2D eigenvalue weighted by Gasteiger charge is -2.11. The summed E-state index contributed by atoms with van der Waals surface area (Å²) >= 11 is 3.38. The van der Waals surface area contributed by atoms with E-state index in [9.17, 15) is 0 Å². The number of hydrogen-bond donors (Lipinski definition) is 1. The highest BCUT2D eigenvalue weighted by Crippen LogP contribution is 2.15. The first-order valence-electron chi connectivity index (χ1n) is 5.55. The maximum Gasteiger partial charge on any atom is 0.119 e. The third kappa shape index (κ3) is 3.77. The minimum absolute atomic E-state index is 0.369. The van der Waals surface area contributed by atoms with Crippen molar-refractivity contribution >= 4 is 15.9 Å². The zero-order valence-electron chi connectivity index (χ0n) is 9.12. The van der Waals surface area contributed by atoms with Gasteiger partial charge in [0.25, 0.3) is 0 Å². The van der Waals surface area contributed by atoms with Gasteiger partial charge in [0.05, 0.1) is 12.7 Å². The average molecular weight is 286 g/mol. The van der Waals surface area contributed by atoms with E-state index in [1.807, 2.05) is 24.3 Å². The van der Waals surface area contributed by atoms with E-state index in [1.54, 1.807) is 0 Å². The predicted molar refractivity (Wildman–Crippen MR) is 66.9 cm³/mol. The molecule has 1 aliphatic rings. The minimum Gasteiger partial charge on any atom is -0.491 e. The van der Waals surface area contributed by atoms with Crippen molar-refractivity contribution in [2.45, 2.75) is 12.5 Å². The van der Waals surface area contributed by atoms with Gasteiger partial charge in [0.15, 0.2) is 0 Å². The Morgan fingerprint density at radius 1 is 1.25 bits per heavy atom. The maximum atomic E-state index is 5.65. The Hall–Kier alpha value is -0.580. The summed E-state index contributed by atoms with van der Waals surface area (Å²) in [5, 5.41) is 3.27. The first-order chi connectivity index (χ1) is 7.84. The van der Waals surface area contributed by atoms with Gasteiger partial charge in [-0.3, -0.25) is 0 Å². The first kappa shape index (κ1) is 11.9. The van der Waals surface area contributed by atoms with Gasteiger partial charge in [-0.2, -0.15) is 0 Å². The molecular weight excluding hydrogens is 270 g/mol. The lowest BCUT2D eigenvalue weighted by Crippen LogP contribution is -2.19. The van der Waals surface area contributed by atoms with Gasteiger partial charge in [0.2, 0.25) is 0 Å². The van der Waals surface area contributed by atoms with Crippen LogP contribution in [-0.4, -0.2) is 32.4 Å². The van der Waals surface area contributed by atoms with E-state index in [0.29, 0.717) is 19.3 Å². The second-order valence-corrected chi connectivity index (χ2v) is 4.70. The molecule has 1 fully saturated rings. The van der Waals surface area contributed by atoms with Gasteiger partial charge >= 0.3 is 0 Å². The number of hydrogen-bond acceptors (Lipinski definition) is 3. The van der Waals surface area contributed by atoms with Gasteiger partial charge in [-0.25, -0.2) is 0 Å². The molecule has 0 radical (unpaired) electrons. The fraction of sp³-hybridized carbons (Fsp3) is 0.500. The van der Waals surface area contributed by atoms with Crippen LogP contribution in [0.25, 0.3) is 0 Å². The second-order valence-electron chi connectivity index (χ2n) is 3.79. The molecule has 1 heterocycles. The molecule has 1 N–H and O–H groups in total. The van der Waals surface area contributed by atoms with Gasteiger partial charge < -0.3 is 14.8 Å². The normalized spacial score (nSPS) is 19.9. The van der Waals surface area contributed by atoms with Crippen LogP contribution in [0.15, 0.2) is 28.7 Å². The summed E-state index contributed by atoms with van der Waals surface area (Å²) in [6.07, 6.45) is 1.48. The summed E-state index contributed by atoms with van der Waals surface area (Å²) in [5.41, 5.74) is 0. The molecule has 2 rings (SSSR count). The van der Waals surface area contributed by atoms with Crippen molar-refractivity contribution in [3.05, 3.63) is 28.7 Å². The standard InChI is InChI=1S/C12H16BrNO2/c13-10-1-3-11(4-2-10)15-7-8-16-12-5-6-14-9-12/h1-4,12,14H,5-9H2. The molecule has 1 aromatic rings.